The summed E-state index contributed by atoms with van der Waals surface area (Å²) >= 11 is 6.00. The van der Waals surface area contributed by atoms with Crippen LogP contribution in [0, 0.1) is 6.92 Å². The molecule has 4 rings (SSSR count). The summed E-state index contributed by atoms with van der Waals surface area (Å²) in [5.41, 5.74) is 3.98. The molecule has 0 radical (unpaired) electrons. The topological polar surface area (TPSA) is 50.4 Å². The Hall–Kier alpha value is -2.46. The monoisotopic (exact) mass is 312 g/mol. The highest BCUT2D eigenvalue weighted by Crippen LogP contribution is 2.40. The Morgan fingerprint density at radius 3 is 2.73 bits per heavy atom. The number of nitrogens with one attached hydrogen (secondary N) is 2. The van der Waals surface area contributed by atoms with Crippen LogP contribution < -0.4 is 10.6 Å². The number of fused-ring (bicyclic) bond motifs is 1. The number of anilines is 2. The molecular weight excluding hydrogens is 300 g/mol. The Balaban J connectivity index is 1.69. The molecule has 2 heterocycles. The second-order valence-corrected chi connectivity index (χ2v) is 5.80. The molecule has 0 fully saturated rings. The molecule has 4 nitrogen and oxygen atoms in total. The summed E-state index contributed by atoms with van der Waals surface area (Å²) in [7, 11) is 0. The van der Waals surface area contributed by atoms with Gasteiger partial charge in [-0.1, -0.05) is 35.9 Å². The van der Waals surface area contributed by atoms with E-state index in [1.54, 1.807) is 12.1 Å². The van der Waals surface area contributed by atoms with E-state index in [0.717, 1.165) is 22.5 Å². The number of ether oxygens (including phenoxy) is 1. The van der Waals surface area contributed by atoms with Crippen LogP contribution >= 0.6 is 11.6 Å². The minimum absolute atomic E-state index is 0.0719. The number of hydrogen-bond donors (Lipinski definition) is 2. The third-order valence-corrected chi connectivity index (χ3v) is 4.14. The summed E-state index contributed by atoms with van der Waals surface area (Å²) in [4.78, 5) is 12.7. The van der Waals surface area contributed by atoms with Crippen molar-refractivity contribution in [3.63, 3.8) is 0 Å². The molecule has 22 heavy (non-hydrogen) atoms. The van der Waals surface area contributed by atoms with Crippen LogP contribution in [0.25, 0.3) is 0 Å². The maximum atomic E-state index is 12.7. The molecule has 2 N–H and O–H groups in total. The second-order valence-electron chi connectivity index (χ2n) is 5.36. The first-order valence-electron chi connectivity index (χ1n) is 6.98. The molecule has 0 saturated heterocycles. The lowest BCUT2D eigenvalue weighted by molar-refractivity contribution is -0.121. The van der Waals surface area contributed by atoms with Crippen LogP contribution in [0.5, 0.6) is 0 Å². The minimum atomic E-state index is -0.615. The molecule has 5 heteroatoms. The van der Waals surface area contributed by atoms with Crippen molar-refractivity contribution in [2.24, 2.45) is 0 Å². The number of aryl methyl sites for hydroxylation is 1. The number of halogens is 1. The summed E-state index contributed by atoms with van der Waals surface area (Å²) in [5.74, 6) is 0.380. The van der Waals surface area contributed by atoms with Crippen molar-refractivity contribution in [1.29, 1.82) is 0 Å². The highest BCUT2D eigenvalue weighted by molar-refractivity contribution is 6.31. The van der Waals surface area contributed by atoms with E-state index < -0.39 is 6.10 Å². The Kier molecular flexibility index (Phi) is 2.87. The standard InChI is InChI=1S/C17H13ClN2O2/c1-9-4-2-3-5-11(9)16-15(21)14-17(22-16)20-13-8-10(18)6-7-12(13)19-14/h2-8,16,19-20H,1H3/t16-/m1/s1. The quantitative estimate of drug-likeness (QED) is 0.836. The molecule has 0 aliphatic carbocycles. The number of hydrogen-bond acceptors (Lipinski definition) is 4. The highest BCUT2D eigenvalue weighted by Gasteiger charge is 2.39. The summed E-state index contributed by atoms with van der Waals surface area (Å²) in [6.07, 6.45) is -0.615. The van der Waals surface area contributed by atoms with Gasteiger partial charge in [-0.25, -0.2) is 0 Å². The number of rotatable bonds is 1. The largest absolute Gasteiger partial charge is 0.461 e. The van der Waals surface area contributed by atoms with Crippen molar-refractivity contribution < 1.29 is 9.53 Å². The fourth-order valence-corrected chi connectivity index (χ4v) is 2.93. The number of carbonyl (C=O) groups excluding carboxylic acids is 1. The van der Waals surface area contributed by atoms with Crippen molar-refractivity contribution in [2.45, 2.75) is 13.0 Å². The smallest absolute Gasteiger partial charge is 0.229 e. The van der Waals surface area contributed by atoms with Crippen LogP contribution in [0.2, 0.25) is 5.02 Å². The third-order valence-electron chi connectivity index (χ3n) is 3.91. The summed E-state index contributed by atoms with van der Waals surface area (Å²) in [6.45, 7) is 1.97. The van der Waals surface area contributed by atoms with Gasteiger partial charge in [-0.15, -0.1) is 0 Å². The molecule has 1 atom stereocenters. The lowest BCUT2D eigenvalue weighted by atomic mass is 10.00. The van der Waals surface area contributed by atoms with E-state index in [1.165, 1.54) is 0 Å². The first kappa shape index (κ1) is 13.2. The summed E-state index contributed by atoms with van der Waals surface area (Å²) < 4.78 is 5.85. The third kappa shape index (κ3) is 1.96. The van der Waals surface area contributed by atoms with Gasteiger partial charge in [0.25, 0.3) is 0 Å². The van der Waals surface area contributed by atoms with Crippen molar-refractivity contribution >= 4 is 28.8 Å². The van der Waals surface area contributed by atoms with Gasteiger partial charge in [-0.3, -0.25) is 4.79 Å². The maximum Gasteiger partial charge on any atom is 0.229 e. The Labute approximate surface area is 132 Å². The average molecular weight is 313 g/mol. The zero-order valence-corrected chi connectivity index (χ0v) is 12.6. The molecule has 2 aromatic carbocycles. The number of ketones is 1. The van der Waals surface area contributed by atoms with Crippen LogP contribution in [-0.2, 0) is 9.53 Å². The van der Waals surface area contributed by atoms with Gasteiger partial charge < -0.3 is 15.4 Å². The van der Waals surface area contributed by atoms with Crippen molar-refractivity contribution in [3.8, 4) is 0 Å². The molecule has 2 aromatic rings. The van der Waals surface area contributed by atoms with Crippen LogP contribution in [0.15, 0.2) is 54.0 Å². The van der Waals surface area contributed by atoms with E-state index in [-0.39, 0.29) is 5.78 Å². The first-order valence-corrected chi connectivity index (χ1v) is 7.35. The predicted molar refractivity (Wildman–Crippen MR) is 85.7 cm³/mol. The zero-order valence-electron chi connectivity index (χ0n) is 11.8. The fraction of sp³-hybridized carbons (Fsp3) is 0.118. The van der Waals surface area contributed by atoms with Crippen LogP contribution in [-0.4, -0.2) is 5.78 Å². The Morgan fingerprint density at radius 2 is 1.91 bits per heavy atom. The summed E-state index contributed by atoms with van der Waals surface area (Å²) in [6, 6.07) is 13.1. The van der Waals surface area contributed by atoms with Gasteiger partial charge in [-0.2, -0.15) is 0 Å². The maximum absolute atomic E-state index is 12.7. The van der Waals surface area contributed by atoms with Gasteiger partial charge in [0.05, 0.1) is 11.4 Å². The molecule has 0 amide bonds. The minimum Gasteiger partial charge on any atom is -0.461 e. The molecule has 0 aromatic heterocycles. The van der Waals surface area contributed by atoms with Gasteiger partial charge in [0.15, 0.2) is 6.10 Å². The van der Waals surface area contributed by atoms with Crippen LogP contribution in [0.1, 0.15) is 17.2 Å². The van der Waals surface area contributed by atoms with Gasteiger partial charge in [-0.05, 0) is 30.7 Å². The Bertz CT molecular complexity index is 829. The van der Waals surface area contributed by atoms with Crippen molar-refractivity contribution in [1.82, 2.24) is 0 Å². The molecule has 0 unspecified atom stereocenters. The molecule has 0 spiro atoms. The normalized spacial score (nSPS) is 19.0. The molecule has 110 valence electrons. The van der Waals surface area contributed by atoms with E-state index in [4.69, 9.17) is 16.3 Å². The van der Waals surface area contributed by atoms with E-state index >= 15 is 0 Å². The number of Topliss-reactive ketones (excluding diaryl/α,β-unsaturated/α-hetero) is 1. The van der Waals surface area contributed by atoms with Gasteiger partial charge in [0.2, 0.25) is 11.7 Å². The molecule has 2 aliphatic rings. The first-order chi connectivity index (χ1) is 10.6. The van der Waals surface area contributed by atoms with E-state index in [2.05, 4.69) is 10.6 Å². The average Bonchev–Trinajstić information content (AvgIpc) is 2.82. The lowest BCUT2D eigenvalue weighted by Gasteiger charge is -2.20. The van der Waals surface area contributed by atoms with Gasteiger partial charge in [0, 0.05) is 10.6 Å². The predicted octanol–water partition coefficient (Wildman–Crippen LogP) is 4.00. The molecule has 0 saturated carbocycles. The number of carbonyl (C=O) groups is 1. The van der Waals surface area contributed by atoms with Gasteiger partial charge >= 0.3 is 0 Å². The van der Waals surface area contributed by atoms with Crippen molar-refractivity contribution in [3.05, 3.63) is 70.2 Å². The highest BCUT2D eigenvalue weighted by atomic mass is 35.5. The molecular formula is C17H13ClN2O2. The fourth-order valence-electron chi connectivity index (χ4n) is 2.76. The lowest BCUT2D eigenvalue weighted by Crippen LogP contribution is -2.18. The zero-order chi connectivity index (χ0) is 15.3. The molecule has 0 bridgehead atoms. The van der Waals surface area contributed by atoms with Crippen molar-refractivity contribution in [2.75, 3.05) is 10.6 Å². The summed E-state index contributed by atoms with van der Waals surface area (Å²) in [5, 5.41) is 6.90. The second kappa shape index (κ2) is 4.78. The SMILES string of the molecule is Cc1ccccc1[C@H]1OC2=C(Nc3ccc(Cl)cc3N2)C1=O. The van der Waals surface area contributed by atoms with Crippen LogP contribution in [0.3, 0.4) is 0 Å². The van der Waals surface area contributed by atoms with E-state index in [0.29, 0.717) is 16.6 Å². The van der Waals surface area contributed by atoms with Gasteiger partial charge in [0.1, 0.15) is 5.70 Å². The van der Waals surface area contributed by atoms with Crippen LogP contribution in [0.4, 0.5) is 11.4 Å². The molecule has 2 aliphatic heterocycles. The van der Waals surface area contributed by atoms with E-state index in [9.17, 15) is 4.79 Å². The van der Waals surface area contributed by atoms with E-state index in [1.807, 2.05) is 37.3 Å². The number of benzene rings is 2. The Morgan fingerprint density at radius 1 is 1.09 bits per heavy atom.